The first-order chi connectivity index (χ1) is 58.9. The van der Waals surface area contributed by atoms with Crippen LogP contribution in [0.15, 0.2) is 182 Å². The van der Waals surface area contributed by atoms with Crippen LogP contribution in [-0.2, 0) is 32.5 Å². The topological polar surface area (TPSA) is 252 Å². The lowest BCUT2D eigenvalue weighted by Gasteiger charge is -2.21. The first kappa shape index (κ1) is 77.1. The van der Waals surface area contributed by atoms with Crippen LogP contribution in [0.5, 0.6) is 0 Å². The van der Waals surface area contributed by atoms with E-state index in [4.69, 9.17) is 59.8 Å². The number of carbonyl (C=O) groups excluding carboxylic acids is 2. The van der Waals surface area contributed by atoms with E-state index in [1.54, 1.807) is 12.1 Å². The number of benzene rings is 10. The van der Waals surface area contributed by atoms with Crippen LogP contribution >= 0.6 is 0 Å². The second-order valence-corrected chi connectivity index (χ2v) is 39.8. The fourth-order valence-corrected chi connectivity index (χ4v) is 17.6. The van der Waals surface area contributed by atoms with Crippen molar-refractivity contribution in [3.63, 3.8) is 0 Å². The highest BCUT2D eigenvalue weighted by Gasteiger charge is 2.35. The minimum Gasteiger partial charge on any atom is -0.324 e. The molecular weight excluding hydrogens is 1530 g/mol. The molecule has 0 unspecified atom stereocenters. The highest BCUT2D eigenvalue weighted by Crippen LogP contribution is 2.46. The van der Waals surface area contributed by atoms with Crippen molar-refractivity contribution in [3.8, 4) is 91.1 Å². The van der Waals surface area contributed by atoms with Gasteiger partial charge in [0.2, 0.25) is 0 Å². The number of H-pyrrole nitrogens is 4. The largest absolute Gasteiger partial charge is 0.324 e. The SMILES string of the molecule is CC(C)(C)c1ccc2c(c1)-c1nc-2nc2[nH]c(nc3nc(nc4[nH]c(n1)c1ccc(C(C)(C)C)cc41)-c1ccc(/C=C/c4cccc5c4C(=O)c4cccc(/C=C/c6ccc7c(c6)-c6nc-7nc7[nH]c(nc8nc(nc9[nH]c(n6)c6ccc(C(C)(C)C)cc96)-c6ccc(C(C)(C)C)cc6-8)c6ccc(C(C)(C)C)cc76)c4C5=O)cc1-3)c1ccc(C(C)(C)C)cc21. The van der Waals surface area contributed by atoms with Gasteiger partial charge in [0.1, 0.15) is 45.2 Å². The maximum Gasteiger partial charge on any atom is 0.195 e. The molecule has 0 atom stereocenters. The van der Waals surface area contributed by atoms with E-state index in [1.165, 1.54) is 0 Å². The molecule has 18 heteroatoms. The number of rotatable bonds is 4. The third-order valence-corrected chi connectivity index (χ3v) is 25.0. The smallest absolute Gasteiger partial charge is 0.195 e. The molecule has 4 N–H and O–H groups in total. The third-order valence-electron chi connectivity index (χ3n) is 25.0. The van der Waals surface area contributed by atoms with Gasteiger partial charge in [-0.25, -0.2) is 59.8 Å². The fraction of sp³-hybridized carbons (Fsp3) is 0.226. The summed E-state index contributed by atoms with van der Waals surface area (Å²) in [6.07, 6.45) is 7.76. The number of hydrogen-bond donors (Lipinski definition) is 4. The molecule has 5 aliphatic rings. The highest BCUT2D eigenvalue weighted by atomic mass is 16.1. The van der Waals surface area contributed by atoms with Crippen LogP contribution < -0.4 is 0 Å². The fourth-order valence-electron chi connectivity index (χ4n) is 17.6. The number of ketones is 2. The van der Waals surface area contributed by atoms with Crippen LogP contribution in [0.25, 0.3) is 204 Å². The molecular formula is C106H92N16O2. The Morgan fingerprint density at radius 2 is 0.435 bits per heavy atom. The van der Waals surface area contributed by atoms with Crippen molar-refractivity contribution in [3.05, 3.63) is 260 Å². The molecule has 0 spiro atoms. The summed E-state index contributed by atoms with van der Waals surface area (Å²) in [4.78, 5) is 110. The molecule has 16 bridgehead atoms. The molecule has 1 aliphatic carbocycles. The quantitative estimate of drug-likeness (QED) is 0.120. The number of aromatic nitrogens is 16. The maximum absolute atomic E-state index is 15.4. The van der Waals surface area contributed by atoms with E-state index in [9.17, 15) is 0 Å². The van der Waals surface area contributed by atoms with E-state index in [1.807, 2.05) is 72.8 Å². The van der Waals surface area contributed by atoms with Gasteiger partial charge in [-0.15, -0.1) is 0 Å². The zero-order valence-corrected chi connectivity index (χ0v) is 72.8. The zero-order chi connectivity index (χ0) is 86.1. The van der Waals surface area contributed by atoms with Gasteiger partial charge in [-0.05, 0) is 149 Å². The molecule has 0 saturated carbocycles. The Morgan fingerprint density at radius 1 is 0.210 bits per heavy atom. The molecule has 21 rings (SSSR count). The summed E-state index contributed by atoms with van der Waals surface area (Å²) in [5, 5.41) is 7.06. The lowest BCUT2D eigenvalue weighted by Crippen LogP contribution is -2.23. The zero-order valence-electron chi connectivity index (χ0n) is 72.8. The van der Waals surface area contributed by atoms with Crippen LogP contribution in [0.2, 0.25) is 0 Å². The predicted molar refractivity (Wildman–Crippen MR) is 502 cm³/mol. The summed E-state index contributed by atoms with van der Waals surface area (Å²) < 4.78 is 0. The average molecular weight is 1620 g/mol. The van der Waals surface area contributed by atoms with Crippen LogP contribution in [0.1, 0.15) is 212 Å². The monoisotopic (exact) mass is 1620 g/mol. The third kappa shape index (κ3) is 13.0. The lowest BCUT2D eigenvalue weighted by molar-refractivity contribution is 0.0979. The molecule has 4 aliphatic heterocycles. The number of aromatic amines is 4. The number of hydrogen-bond acceptors (Lipinski definition) is 14. The minimum absolute atomic E-state index is 0.145. The van der Waals surface area contributed by atoms with Crippen molar-refractivity contribution in [1.82, 2.24) is 79.7 Å². The number of nitrogens with one attached hydrogen (secondary N) is 4. The molecule has 0 amide bonds. The summed E-state index contributed by atoms with van der Waals surface area (Å²) in [5.74, 6) is 3.47. The van der Waals surface area contributed by atoms with Crippen LogP contribution in [-0.4, -0.2) is 91.3 Å². The van der Waals surface area contributed by atoms with E-state index >= 15 is 9.59 Å². The Kier molecular flexibility index (Phi) is 16.9. The Hall–Kier alpha value is -14.3. The molecule has 0 radical (unpaired) electrons. The van der Waals surface area contributed by atoms with E-state index in [-0.39, 0.29) is 44.1 Å². The van der Waals surface area contributed by atoms with E-state index in [0.717, 1.165) is 132 Å². The summed E-state index contributed by atoms with van der Waals surface area (Å²) >= 11 is 0. The summed E-state index contributed by atoms with van der Waals surface area (Å²) in [5.41, 5.74) is 21.3. The Balaban J connectivity index is 0.658. The van der Waals surface area contributed by atoms with Crippen LogP contribution in [0.3, 0.4) is 0 Å². The van der Waals surface area contributed by atoms with E-state index in [2.05, 4.69) is 266 Å². The van der Waals surface area contributed by atoms with Gasteiger partial charge in [-0.2, -0.15) is 0 Å². The Morgan fingerprint density at radius 3 is 0.702 bits per heavy atom. The molecule has 608 valence electrons. The Labute approximate surface area is 717 Å². The first-order valence-electron chi connectivity index (χ1n) is 42.5. The number of fused-ring (bicyclic) bond motifs is 42. The molecule has 6 aromatic heterocycles. The normalized spacial score (nSPS) is 13.5. The standard InChI is InChI=1S/C106H92N16O2/c1-101(2,3)57-31-39-65-75(47-57)97-113-87(65)109-93-73-45-53(27-37-63(73)85(107-93)111-95-77-49-59(103(7,8)9)33-41-67(77)89(115-95)119-99-79-51-61(105(13,14)15)35-43-69(79)91(117-97)121-99)25-29-55-21-19-23-71-81(55)83(123)72-24-20-22-56(82(72)84(71)124)30-26-54-28-38-64-74(46-54)94-108-86(64)112-96-78-50-60(104(10,11)12)34-42-68(78)90(116-96)120-100-80-52-62(106(16,17)18)36-44-70(80)92(122-100)118-98-76-48-58(102(4,5)6)32-40-66(76)88(110-94)114-98/h19-52H,1-18H3,(H2,107,109,111,113,115,117,119,121)(H2,108,110,112,114,116,118,120,122)/b29-25+,30-26+. The van der Waals surface area contributed by atoms with Gasteiger partial charge < -0.3 is 19.9 Å². The van der Waals surface area contributed by atoms with Crippen LogP contribution in [0.4, 0.5) is 0 Å². The summed E-state index contributed by atoms with van der Waals surface area (Å²) in [7, 11) is 0. The second kappa shape index (κ2) is 27.1. The van der Waals surface area contributed by atoms with Gasteiger partial charge >= 0.3 is 0 Å². The van der Waals surface area contributed by atoms with Gasteiger partial charge in [-0.1, -0.05) is 270 Å². The predicted octanol–water partition coefficient (Wildman–Crippen LogP) is 25.0. The lowest BCUT2D eigenvalue weighted by atomic mass is 9.79. The molecule has 10 heterocycles. The number of carbonyl (C=O) groups is 2. The van der Waals surface area contributed by atoms with Crippen molar-refractivity contribution in [2.24, 2.45) is 0 Å². The molecule has 0 saturated heterocycles. The Bertz CT molecular complexity index is 7410. The average Bonchev–Trinajstić information content (AvgIpc) is 0.933. The summed E-state index contributed by atoms with van der Waals surface area (Å²) in [6, 6.07) is 62.1. The molecule has 0 fully saturated rings. The van der Waals surface area contributed by atoms with E-state index in [0.29, 0.717) is 125 Å². The second-order valence-electron chi connectivity index (χ2n) is 39.8. The van der Waals surface area contributed by atoms with Crippen molar-refractivity contribution in [2.45, 2.75) is 157 Å². The highest BCUT2D eigenvalue weighted by molar-refractivity contribution is 6.30. The van der Waals surface area contributed by atoms with Crippen molar-refractivity contribution in [1.29, 1.82) is 0 Å². The van der Waals surface area contributed by atoms with Gasteiger partial charge in [0.15, 0.2) is 58.2 Å². The van der Waals surface area contributed by atoms with Crippen molar-refractivity contribution < 1.29 is 9.59 Å². The number of nitrogens with zero attached hydrogens (tertiary/aromatic N) is 12. The van der Waals surface area contributed by atoms with Crippen molar-refractivity contribution >= 4 is 124 Å². The molecule has 124 heavy (non-hydrogen) atoms. The maximum atomic E-state index is 15.4. The molecule has 10 aromatic carbocycles. The van der Waals surface area contributed by atoms with E-state index < -0.39 is 0 Å². The van der Waals surface area contributed by atoms with Crippen LogP contribution in [0, 0.1) is 0 Å². The minimum atomic E-state index is -0.253. The first-order valence-corrected chi connectivity index (χ1v) is 42.5. The summed E-state index contributed by atoms with van der Waals surface area (Å²) in [6.45, 7) is 39.8. The van der Waals surface area contributed by atoms with Gasteiger partial charge in [0.05, 0.1) is 0 Å². The van der Waals surface area contributed by atoms with Gasteiger partial charge in [0.25, 0.3) is 0 Å². The van der Waals surface area contributed by atoms with Gasteiger partial charge in [0, 0.05) is 110 Å². The van der Waals surface area contributed by atoms with Crippen molar-refractivity contribution in [2.75, 3.05) is 0 Å². The van der Waals surface area contributed by atoms with Gasteiger partial charge in [-0.3, -0.25) is 9.59 Å². The molecule has 18 nitrogen and oxygen atoms in total. The molecule has 16 aromatic rings.